The third-order valence-corrected chi connectivity index (χ3v) is 6.97. The number of nitrogens with zero attached hydrogens (tertiary/aromatic N) is 4. The molecule has 18 heteroatoms. The van der Waals surface area contributed by atoms with E-state index in [4.69, 9.17) is 11.5 Å². The van der Waals surface area contributed by atoms with E-state index in [0.717, 1.165) is 18.2 Å². The van der Waals surface area contributed by atoms with E-state index in [1.54, 1.807) is 6.92 Å². The minimum atomic E-state index is -5.01. The number of hydrogen-bond donors (Lipinski definition) is 5. The van der Waals surface area contributed by atoms with Crippen LogP contribution in [-0.2, 0) is 26.4 Å². The Morgan fingerprint density at radius 1 is 0.789 bits per heavy atom. The van der Waals surface area contributed by atoms with Crippen molar-refractivity contribution < 1.29 is 39.1 Å². The van der Waals surface area contributed by atoms with Crippen molar-refractivity contribution in [3.05, 3.63) is 53.6 Å². The normalized spacial score (nSPS) is 13.0. The Balaban J connectivity index is 2.18. The first kappa shape index (κ1) is 29.0. The summed E-state index contributed by atoms with van der Waals surface area (Å²) in [7, 11) is -9.74. The van der Waals surface area contributed by atoms with Crippen LogP contribution < -0.4 is 11.5 Å². The number of nitrogens with two attached hydrogens (primary N) is 2. The molecule has 0 saturated heterocycles. The van der Waals surface area contributed by atoms with Crippen LogP contribution in [0.3, 0.4) is 0 Å². The van der Waals surface area contributed by atoms with Gasteiger partial charge in [-0.05, 0) is 48.9 Å². The van der Waals surface area contributed by atoms with Gasteiger partial charge >= 0.3 is 6.18 Å². The summed E-state index contributed by atoms with van der Waals surface area (Å²) in [5.41, 5.74) is 8.18. The van der Waals surface area contributed by atoms with Crippen molar-refractivity contribution in [2.24, 2.45) is 20.5 Å². The molecule has 0 amide bonds. The summed E-state index contributed by atoms with van der Waals surface area (Å²) >= 11 is 3.75. The fraction of sp³-hybridized carbons (Fsp3) is 0.100. The van der Waals surface area contributed by atoms with Gasteiger partial charge in [0.05, 0.1) is 22.6 Å². The lowest BCUT2D eigenvalue weighted by molar-refractivity contribution is -0.139. The van der Waals surface area contributed by atoms with Crippen LogP contribution in [0.1, 0.15) is 11.1 Å². The molecule has 0 aromatic heterocycles. The minimum absolute atomic E-state index is 0.327. The standard InChI is InChI=1S/C20H17F3N6O6S3/c1-9-2-4-12(15(6-9)37(30,31)32)27-28-13-8-16(38(33,34)35)18(25)19(17(13)24)29-26-10-3-5-14(36)11(7-10)20(21,22)23/h2-8,36H,24-25H2,1H3,(H,30,31,32)(H,33,34,35). The Kier molecular flexibility index (Phi) is 7.85. The highest BCUT2D eigenvalue weighted by molar-refractivity contribution is 7.86. The van der Waals surface area contributed by atoms with Gasteiger partial charge in [0.1, 0.15) is 26.9 Å². The molecule has 202 valence electrons. The van der Waals surface area contributed by atoms with Crippen molar-refractivity contribution in [3.63, 3.8) is 0 Å². The second kappa shape index (κ2) is 10.3. The molecule has 6 N–H and O–H groups in total. The predicted molar refractivity (Wildman–Crippen MR) is 133 cm³/mol. The number of azo groups is 2. The summed E-state index contributed by atoms with van der Waals surface area (Å²) in [6.45, 7) is 1.55. The molecule has 0 unspecified atom stereocenters. The fourth-order valence-electron chi connectivity index (χ4n) is 3.01. The second-order valence-corrected chi connectivity index (χ2v) is 10.9. The molecule has 38 heavy (non-hydrogen) atoms. The van der Waals surface area contributed by atoms with Crippen LogP contribution in [0, 0.1) is 6.92 Å². The third kappa shape index (κ3) is 6.45. The maximum Gasteiger partial charge on any atom is 0.417 e. The second-order valence-electron chi connectivity index (χ2n) is 7.59. The van der Waals surface area contributed by atoms with E-state index in [2.05, 4.69) is 33.1 Å². The van der Waals surface area contributed by atoms with Gasteiger partial charge in [-0.3, -0.25) is 9.11 Å². The first-order valence-electron chi connectivity index (χ1n) is 9.91. The Hall–Kier alpha value is -3.58. The van der Waals surface area contributed by atoms with E-state index in [9.17, 15) is 39.1 Å². The molecular weight excluding hydrogens is 573 g/mol. The van der Waals surface area contributed by atoms with E-state index in [0.29, 0.717) is 17.7 Å². The van der Waals surface area contributed by atoms with Crippen molar-refractivity contribution >= 4 is 67.0 Å². The van der Waals surface area contributed by atoms with Gasteiger partial charge in [0, 0.05) is 4.90 Å². The molecule has 0 radical (unpaired) electrons. The van der Waals surface area contributed by atoms with Gasteiger partial charge in [0.2, 0.25) is 0 Å². The number of aryl methyl sites for hydroxylation is 1. The SMILES string of the molecule is Cc1ccc(N=Nc2cc(S(=O)(=O)O)c(N)c(N=Nc3ccc(S)c(C(F)(F)F)c3)c2N)c(S(=O)(=O)O)c1. The number of thiol groups is 1. The number of rotatable bonds is 6. The summed E-state index contributed by atoms with van der Waals surface area (Å²) in [4.78, 5) is -1.93. The van der Waals surface area contributed by atoms with Crippen LogP contribution in [0.4, 0.5) is 47.3 Å². The van der Waals surface area contributed by atoms with Crippen molar-refractivity contribution in [2.45, 2.75) is 27.8 Å². The first-order chi connectivity index (χ1) is 17.4. The lowest BCUT2D eigenvalue weighted by atomic mass is 10.2. The highest BCUT2D eigenvalue weighted by Gasteiger charge is 2.33. The van der Waals surface area contributed by atoms with Gasteiger partial charge in [-0.2, -0.15) is 35.1 Å². The van der Waals surface area contributed by atoms with Crippen LogP contribution in [0.15, 0.2) is 77.6 Å². The maximum absolute atomic E-state index is 13.2. The highest BCUT2D eigenvalue weighted by Crippen LogP contribution is 2.44. The highest BCUT2D eigenvalue weighted by atomic mass is 32.2. The Bertz CT molecular complexity index is 1710. The van der Waals surface area contributed by atoms with Gasteiger partial charge < -0.3 is 11.5 Å². The average Bonchev–Trinajstić information content (AvgIpc) is 2.77. The monoisotopic (exact) mass is 590 g/mol. The number of alkyl halides is 3. The van der Waals surface area contributed by atoms with Crippen LogP contribution in [-0.4, -0.2) is 25.9 Å². The molecule has 0 aliphatic rings. The van der Waals surface area contributed by atoms with Gasteiger partial charge in [-0.1, -0.05) is 6.07 Å². The number of hydrogen-bond acceptors (Lipinski definition) is 11. The molecule has 0 heterocycles. The Morgan fingerprint density at radius 2 is 1.39 bits per heavy atom. The zero-order valence-electron chi connectivity index (χ0n) is 18.9. The molecular formula is C20H17F3N6O6S3. The Morgan fingerprint density at radius 3 is 1.97 bits per heavy atom. The predicted octanol–water partition coefficient (Wildman–Crippen LogP) is 5.79. The first-order valence-corrected chi connectivity index (χ1v) is 13.2. The van der Waals surface area contributed by atoms with E-state index in [1.807, 2.05) is 0 Å². The summed E-state index contributed by atoms with van der Waals surface area (Å²) in [5.74, 6) is 0. The minimum Gasteiger partial charge on any atom is -0.396 e. The van der Waals surface area contributed by atoms with E-state index >= 15 is 0 Å². The quantitative estimate of drug-likeness (QED) is 0.102. The van der Waals surface area contributed by atoms with Crippen LogP contribution in [0.25, 0.3) is 0 Å². The topological polar surface area (TPSA) is 210 Å². The van der Waals surface area contributed by atoms with Gasteiger partial charge in [0.15, 0.2) is 0 Å². The third-order valence-electron chi connectivity index (χ3n) is 4.81. The molecule has 0 aliphatic carbocycles. The van der Waals surface area contributed by atoms with E-state index in [1.165, 1.54) is 12.1 Å². The molecule has 0 atom stereocenters. The molecule has 0 bridgehead atoms. The fourth-order valence-corrected chi connectivity index (χ4v) is 4.61. The Labute approximate surface area is 219 Å². The van der Waals surface area contributed by atoms with Crippen molar-refractivity contribution in [2.75, 3.05) is 11.5 Å². The molecule has 0 aliphatic heterocycles. The molecule has 0 saturated carbocycles. The summed E-state index contributed by atoms with van der Waals surface area (Å²) in [6, 6.07) is 7.23. The van der Waals surface area contributed by atoms with Gasteiger partial charge in [0.25, 0.3) is 20.2 Å². The summed E-state index contributed by atoms with van der Waals surface area (Å²) in [5, 5.41) is 14.7. The summed E-state index contributed by atoms with van der Waals surface area (Å²) in [6.07, 6.45) is -4.75. The van der Waals surface area contributed by atoms with Crippen LogP contribution in [0.2, 0.25) is 0 Å². The van der Waals surface area contributed by atoms with Crippen LogP contribution >= 0.6 is 12.6 Å². The zero-order chi connectivity index (χ0) is 28.6. The molecule has 12 nitrogen and oxygen atoms in total. The van der Waals surface area contributed by atoms with E-state index in [-0.39, 0.29) is 16.3 Å². The van der Waals surface area contributed by atoms with Crippen molar-refractivity contribution in [1.29, 1.82) is 0 Å². The number of nitrogen functional groups attached to an aromatic ring is 2. The number of halogens is 3. The summed E-state index contributed by atoms with van der Waals surface area (Å²) < 4.78 is 106. The lowest BCUT2D eigenvalue weighted by Gasteiger charge is -2.11. The average molecular weight is 591 g/mol. The molecule has 0 fully saturated rings. The molecule has 3 rings (SSSR count). The zero-order valence-corrected chi connectivity index (χ0v) is 21.4. The van der Waals surface area contributed by atoms with Crippen LogP contribution in [0.5, 0.6) is 0 Å². The molecule has 3 aromatic carbocycles. The number of benzene rings is 3. The molecule has 0 spiro atoms. The largest absolute Gasteiger partial charge is 0.417 e. The van der Waals surface area contributed by atoms with Crippen molar-refractivity contribution in [1.82, 2.24) is 0 Å². The van der Waals surface area contributed by atoms with Gasteiger partial charge in [-0.25, -0.2) is 0 Å². The molecule has 3 aromatic rings. The number of anilines is 2. The lowest BCUT2D eigenvalue weighted by Crippen LogP contribution is -2.05. The smallest absolute Gasteiger partial charge is 0.396 e. The maximum atomic E-state index is 13.2. The van der Waals surface area contributed by atoms with Gasteiger partial charge in [-0.15, -0.1) is 28.0 Å². The van der Waals surface area contributed by atoms with Crippen molar-refractivity contribution in [3.8, 4) is 0 Å². The van der Waals surface area contributed by atoms with E-state index < -0.39 is 64.5 Å².